The van der Waals surface area contributed by atoms with Crippen molar-refractivity contribution in [1.82, 2.24) is 4.90 Å². The lowest BCUT2D eigenvalue weighted by atomic mass is 9.78. The normalized spacial score (nSPS) is 26.0. The molecule has 2 heterocycles. The molecule has 20 heavy (non-hydrogen) atoms. The van der Waals surface area contributed by atoms with Crippen LogP contribution < -0.4 is 11.5 Å². The Morgan fingerprint density at radius 2 is 1.80 bits per heavy atom. The fourth-order valence-corrected chi connectivity index (χ4v) is 2.93. The molecule has 4 N–H and O–H groups in total. The number of ether oxygens (including phenoxy) is 2. The monoisotopic (exact) mass is 301 g/mol. The quantitative estimate of drug-likeness (QED) is 0.633. The van der Waals surface area contributed by atoms with Gasteiger partial charge in [0.15, 0.2) is 0 Å². The van der Waals surface area contributed by atoms with Gasteiger partial charge in [-0.05, 0) is 12.8 Å². The highest BCUT2D eigenvalue weighted by atomic mass is 32.1. The summed E-state index contributed by atoms with van der Waals surface area (Å²) in [6, 6.07) is -0.759. The Balaban J connectivity index is 2.26. The Morgan fingerprint density at radius 3 is 2.35 bits per heavy atom. The molecule has 2 amide bonds. The summed E-state index contributed by atoms with van der Waals surface area (Å²) in [5, 5.41) is 0. The number of thiocarbonyl (C=S) groups is 1. The zero-order chi connectivity index (χ0) is 14.8. The minimum absolute atomic E-state index is 0.116. The summed E-state index contributed by atoms with van der Waals surface area (Å²) in [4.78, 5) is 26.0. The zero-order valence-corrected chi connectivity index (χ0v) is 12.0. The van der Waals surface area contributed by atoms with Crippen molar-refractivity contribution in [3.63, 3.8) is 0 Å². The Hall–Kier alpha value is -1.25. The van der Waals surface area contributed by atoms with Crippen molar-refractivity contribution in [3.05, 3.63) is 0 Å². The molecule has 1 atom stereocenters. The molecule has 0 aromatic carbocycles. The lowest BCUT2D eigenvalue weighted by Gasteiger charge is -2.42. The van der Waals surface area contributed by atoms with Crippen LogP contribution >= 0.6 is 12.2 Å². The van der Waals surface area contributed by atoms with Gasteiger partial charge >= 0.3 is 0 Å². The first-order chi connectivity index (χ1) is 9.49. The van der Waals surface area contributed by atoms with E-state index in [9.17, 15) is 9.59 Å². The molecule has 2 aliphatic rings. The van der Waals surface area contributed by atoms with E-state index in [1.807, 2.05) is 0 Å². The van der Waals surface area contributed by atoms with E-state index in [2.05, 4.69) is 0 Å². The van der Waals surface area contributed by atoms with Gasteiger partial charge in [-0.1, -0.05) is 12.2 Å². The number of morpholine rings is 1. The van der Waals surface area contributed by atoms with Crippen LogP contribution in [0.1, 0.15) is 12.8 Å². The Kier molecular flexibility index (Phi) is 4.56. The van der Waals surface area contributed by atoms with Crippen molar-refractivity contribution < 1.29 is 19.1 Å². The van der Waals surface area contributed by atoms with Crippen LogP contribution in [0.3, 0.4) is 0 Å². The number of rotatable bonds is 3. The zero-order valence-electron chi connectivity index (χ0n) is 11.2. The number of hydrogen-bond acceptors (Lipinski definition) is 5. The van der Waals surface area contributed by atoms with Crippen LogP contribution in [0.2, 0.25) is 0 Å². The number of nitrogens with two attached hydrogens (primary N) is 2. The van der Waals surface area contributed by atoms with Gasteiger partial charge in [-0.3, -0.25) is 9.59 Å². The molecule has 112 valence electrons. The van der Waals surface area contributed by atoms with E-state index in [1.165, 1.54) is 4.90 Å². The summed E-state index contributed by atoms with van der Waals surface area (Å²) in [5.74, 6) is -0.816. The van der Waals surface area contributed by atoms with E-state index in [0.29, 0.717) is 39.2 Å². The fraction of sp³-hybridized carbons (Fsp3) is 0.750. The highest BCUT2D eigenvalue weighted by molar-refractivity contribution is 7.80. The second-order valence-corrected chi connectivity index (χ2v) is 5.49. The summed E-state index contributed by atoms with van der Waals surface area (Å²) < 4.78 is 10.5. The molecular formula is C12H19N3O4S. The third kappa shape index (κ3) is 2.63. The topological polar surface area (TPSA) is 108 Å². The van der Waals surface area contributed by atoms with Crippen molar-refractivity contribution in [2.75, 3.05) is 33.0 Å². The Bertz CT molecular complexity index is 423. The first-order valence-corrected chi connectivity index (χ1v) is 6.95. The van der Waals surface area contributed by atoms with E-state index in [-0.39, 0.29) is 17.5 Å². The lowest BCUT2D eigenvalue weighted by Crippen LogP contribution is -2.61. The molecule has 0 aromatic rings. The molecule has 2 rings (SSSR count). The van der Waals surface area contributed by atoms with Crippen LogP contribution in [0, 0.1) is 5.41 Å². The van der Waals surface area contributed by atoms with Crippen molar-refractivity contribution in [3.8, 4) is 0 Å². The van der Waals surface area contributed by atoms with Gasteiger partial charge in [-0.2, -0.15) is 0 Å². The van der Waals surface area contributed by atoms with Gasteiger partial charge < -0.3 is 25.8 Å². The molecule has 0 aliphatic carbocycles. The van der Waals surface area contributed by atoms with Crippen LogP contribution in [0.4, 0.5) is 0 Å². The van der Waals surface area contributed by atoms with Crippen LogP contribution in [-0.4, -0.2) is 60.7 Å². The molecule has 2 fully saturated rings. The highest BCUT2D eigenvalue weighted by Gasteiger charge is 2.48. The van der Waals surface area contributed by atoms with Crippen molar-refractivity contribution >= 4 is 29.0 Å². The maximum absolute atomic E-state index is 12.9. The minimum atomic E-state index is -0.932. The first kappa shape index (κ1) is 15.1. The second kappa shape index (κ2) is 6.02. The molecular weight excluding hydrogens is 282 g/mol. The summed E-state index contributed by atoms with van der Waals surface area (Å²) in [7, 11) is 0. The van der Waals surface area contributed by atoms with E-state index < -0.39 is 17.4 Å². The molecule has 0 saturated carbocycles. The summed E-state index contributed by atoms with van der Waals surface area (Å²) >= 11 is 5.10. The number of hydrogen-bond donors (Lipinski definition) is 2. The SMILES string of the molecule is NC(=O)C1COCCN1C(=O)C1(C(N)=S)CCOCC1. The summed E-state index contributed by atoms with van der Waals surface area (Å²) in [6.45, 7) is 1.66. The van der Waals surface area contributed by atoms with Crippen molar-refractivity contribution in [2.24, 2.45) is 16.9 Å². The predicted molar refractivity (Wildman–Crippen MR) is 74.8 cm³/mol. The van der Waals surface area contributed by atoms with E-state index >= 15 is 0 Å². The minimum Gasteiger partial charge on any atom is -0.392 e. The average Bonchev–Trinajstić information content (AvgIpc) is 2.47. The molecule has 2 aliphatic heterocycles. The van der Waals surface area contributed by atoms with Crippen LogP contribution in [0.5, 0.6) is 0 Å². The Morgan fingerprint density at radius 1 is 1.15 bits per heavy atom. The van der Waals surface area contributed by atoms with Crippen molar-refractivity contribution in [2.45, 2.75) is 18.9 Å². The standard InChI is InChI=1S/C12H19N3O4S/c13-9(16)8-7-19-6-3-15(8)11(17)12(10(14)20)1-4-18-5-2-12/h8H,1-7H2,(H2,13,16)(H2,14,20). The third-order valence-corrected chi connectivity index (χ3v) is 4.34. The van der Waals surface area contributed by atoms with Crippen LogP contribution in [0.15, 0.2) is 0 Å². The molecule has 0 bridgehead atoms. The summed E-state index contributed by atoms with van der Waals surface area (Å²) in [5.41, 5.74) is 10.2. The number of carbonyl (C=O) groups is 2. The van der Waals surface area contributed by atoms with Crippen molar-refractivity contribution in [1.29, 1.82) is 0 Å². The lowest BCUT2D eigenvalue weighted by molar-refractivity contribution is -0.155. The molecule has 8 heteroatoms. The number of amides is 2. The van der Waals surface area contributed by atoms with Gasteiger partial charge in [0.2, 0.25) is 11.8 Å². The molecule has 7 nitrogen and oxygen atoms in total. The number of carbonyl (C=O) groups excluding carboxylic acids is 2. The van der Waals surface area contributed by atoms with Gasteiger partial charge in [-0.15, -0.1) is 0 Å². The van der Waals surface area contributed by atoms with Gasteiger partial charge in [0.05, 0.1) is 18.2 Å². The largest absolute Gasteiger partial charge is 0.392 e. The van der Waals surface area contributed by atoms with Gasteiger partial charge in [0.1, 0.15) is 11.5 Å². The predicted octanol–water partition coefficient (Wildman–Crippen LogP) is -1.22. The fourth-order valence-electron chi connectivity index (χ4n) is 2.64. The van der Waals surface area contributed by atoms with Gasteiger partial charge in [0, 0.05) is 19.8 Å². The van der Waals surface area contributed by atoms with E-state index in [1.54, 1.807) is 0 Å². The maximum atomic E-state index is 12.9. The second-order valence-electron chi connectivity index (χ2n) is 5.05. The highest BCUT2D eigenvalue weighted by Crippen LogP contribution is 2.34. The van der Waals surface area contributed by atoms with E-state index in [0.717, 1.165) is 0 Å². The van der Waals surface area contributed by atoms with Crippen LogP contribution in [0.25, 0.3) is 0 Å². The molecule has 0 spiro atoms. The number of primary amides is 1. The first-order valence-electron chi connectivity index (χ1n) is 6.55. The summed E-state index contributed by atoms with van der Waals surface area (Å²) in [6.07, 6.45) is 0.869. The van der Waals surface area contributed by atoms with E-state index in [4.69, 9.17) is 33.2 Å². The van der Waals surface area contributed by atoms with Gasteiger partial charge in [-0.25, -0.2) is 0 Å². The molecule has 0 aromatic heterocycles. The number of nitrogens with zero attached hydrogens (tertiary/aromatic N) is 1. The Labute approximate surface area is 122 Å². The average molecular weight is 301 g/mol. The smallest absolute Gasteiger partial charge is 0.242 e. The molecule has 0 radical (unpaired) electrons. The maximum Gasteiger partial charge on any atom is 0.242 e. The molecule has 1 unspecified atom stereocenters. The van der Waals surface area contributed by atoms with Crippen LogP contribution in [-0.2, 0) is 19.1 Å². The van der Waals surface area contributed by atoms with Gasteiger partial charge in [0.25, 0.3) is 0 Å². The molecule has 2 saturated heterocycles. The third-order valence-electron chi connectivity index (χ3n) is 3.95.